The van der Waals surface area contributed by atoms with Gasteiger partial charge in [0.05, 0.1) is 0 Å². The Morgan fingerprint density at radius 2 is 0.500 bits per heavy atom. The van der Waals surface area contributed by atoms with Gasteiger partial charge in [0.1, 0.15) is 0 Å². The average Bonchev–Trinajstić information content (AvgIpc) is 2.53. The van der Waals surface area contributed by atoms with E-state index in [1.165, 1.54) is 33.4 Å². The van der Waals surface area contributed by atoms with E-state index in [2.05, 4.69) is 100 Å². The topological polar surface area (TPSA) is 0 Å². The predicted octanol–water partition coefficient (Wildman–Crippen LogP) is 6.27. The van der Waals surface area contributed by atoms with Crippen LogP contribution in [-0.2, 0) is 0 Å². The van der Waals surface area contributed by atoms with Crippen LogP contribution in [0.15, 0.2) is 72.8 Å². The largest absolute Gasteiger partial charge is 0.0591 e. The van der Waals surface area contributed by atoms with Gasteiger partial charge in [-0.1, -0.05) is 95.1 Å². The smallest absolute Gasteiger partial charge is 0.0184 e. The van der Waals surface area contributed by atoms with Gasteiger partial charge in [-0.25, -0.2) is 0 Å². The molecule has 0 aliphatic heterocycles. The van der Waals surface area contributed by atoms with Crippen LogP contribution in [-0.4, -0.2) is 0 Å². The summed E-state index contributed by atoms with van der Waals surface area (Å²) in [4.78, 5) is 0. The Kier molecular flexibility index (Phi) is 5.55. The molecule has 0 aromatic heterocycles. The van der Waals surface area contributed by atoms with Crippen molar-refractivity contribution in [3.8, 4) is 11.1 Å². The van der Waals surface area contributed by atoms with E-state index in [9.17, 15) is 0 Å². The number of hydrogen-bond donors (Lipinski definition) is 0. The highest BCUT2D eigenvalue weighted by Crippen LogP contribution is 2.19. The van der Waals surface area contributed by atoms with E-state index in [-0.39, 0.29) is 0 Å². The summed E-state index contributed by atoms with van der Waals surface area (Å²) in [5.41, 5.74) is 7.85. The summed E-state index contributed by atoms with van der Waals surface area (Å²) in [6.07, 6.45) is 0. The van der Waals surface area contributed by atoms with Gasteiger partial charge in [0, 0.05) is 0 Å². The van der Waals surface area contributed by atoms with Crippen molar-refractivity contribution < 1.29 is 0 Å². The van der Waals surface area contributed by atoms with Gasteiger partial charge in [-0.2, -0.15) is 0 Å². The van der Waals surface area contributed by atoms with E-state index < -0.39 is 0 Å². The Labute approximate surface area is 134 Å². The summed E-state index contributed by atoms with van der Waals surface area (Å²) >= 11 is 0. The maximum Gasteiger partial charge on any atom is -0.0184 e. The molecule has 0 saturated carbocycles. The van der Waals surface area contributed by atoms with Crippen LogP contribution >= 0.6 is 0 Å². The van der Waals surface area contributed by atoms with Crippen LogP contribution < -0.4 is 0 Å². The molecule has 0 radical (unpaired) electrons. The zero-order valence-corrected chi connectivity index (χ0v) is 13.9. The molecule has 0 heteroatoms. The van der Waals surface area contributed by atoms with Crippen molar-refractivity contribution in [2.75, 3.05) is 0 Å². The van der Waals surface area contributed by atoms with E-state index >= 15 is 0 Å². The van der Waals surface area contributed by atoms with Crippen LogP contribution in [0.25, 0.3) is 11.1 Å². The number of benzene rings is 3. The SMILES string of the molecule is Cc1ccc(-c2ccc(C)cc2)cc1.Cc1ccc(C)cc1. The Morgan fingerprint density at radius 1 is 0.318 bits per heavy atom. The lowest BCUT2D eigenvalue weighted by Gasteiger charge is -2.02. The molecular weight excluding hydrogens is 264 g/mol. The zero-order valence-electron chi connectivity index (χ0n) is 13.9. The van der Waals surface area contributed by atoms with Gasteiger partial charge in [-0.15, -0.1) is 0 Å². The lowest BCUT2D eigenvalue weighted by Crippen LogP contribution is -1.78. The van der Waals surface area contributed by atoms with Gasteiger partial charge in [-0.05, 0) is 38.8 Å². The predicted molar refractivity (Wildman–Crippen MR) is 97.3 cm³/mol. The zero-order chi connectivity index (χ0) is 15.9. The molecule has 22 heavy (non-hydrogen) atoms. The van der Waals surface area contributed by atoms with Crippen molar-refractivity contribution in [2.45, 2.75) is 27.7 Å². The lowest BCUT2D eigenvalue weighted by molar-refractivity contribution is 1.40. The molecule has 0 bridgehead atoms. The average molecular weight is 288 g/mol. The molecular formula is C22H24. The normalized spacial score (nSPS) is 9.82. The van der Waals surface area contributed by atoms with Gasteiger partial charge in [-0.3, -0.25) is 0 Å². The van der Waals surface area contributed by atoms with Gasteiger partial charge < -0.3 is 0 Å². The standard InChI is InChI=1S/C14H14.C8H10/c1-11-3-7-13(8-4-11)14-9-5-12(2)6-10-14;1-7-3-5-8(2)6-4-7/h3-10H,1-2H3;3-6H,1-2H3. The van der Waals surface area contributed by atoms with E-state index in [4.69, 9.17) is 0 Å². The highest BCUT2D eigenvalue weighted by atomic mass is 14.0. The maximum absolute atomic E-state index is 2.17. The molecule has 0 amide bonds. The summed E-state index contributed by atoms with van der Waals surface area (Å²) in [6.45, 7) is 8.41. The molecule has 0 aliphatic carbocycles. The van der Waals surface area contributed by atoms with Crippen molar-refractivity contribution in [2.24, 2.45) is 0 Å². The number of hydrogen-bond acceptors (Lipinski definition) is 0. The minimum Gasteiger partial charge on any atom is -0.0591 e. The third-order valence-corrected chi connectivity index (χ3v) is 3.65. The lowest BCUT2D eigenvalue weighted by atomic mass is 10.0. The summed E-state index contributed by atoms with van der Waals surface area (Å²) in [6, 6.07) is 25.7. The van der Waals surface area contributed by atoms with E-state index in [1.54, 1.807) is 0 Å². The highest BCUT2D eigenvalue weighted by molar-refractivity contribution is 5.63. The maximum atomic E-state index is 2.17. The Morgan fingerprint density at radius 3 is 0.727 bits per heavy atom. The minimum atomic E-state index is 1.29. The molecule has 3 rings (SSSR count). The molecule has 0 unspecified atom stereocenters. The van der Waals surface area contributed by atoms with Gasteiger partial charge >= 0.3 is 0 Å². The van der Waals surface area contributed by atoms with E-state index in [0.29, 0.717) is 0 Å². The Bertz CT molecular complexity index is 622. The van der Waals surface area contributed by atoms with Gasteiger partial charge in [0.15, 0.2) is 0 Å². The van der Waals surface area contributed by atoms with Crippen LogP contribution in [0, 0.1) is 27.7 Å². The van der Waals surface area contributed by atoms with Crippen LogP contribution in [0.5, 0.6) is 0 Å². The first kappa shape index (κ1) is 16.0. The Hall–Kier alpha value is -2.34. The molecule has 0 nitrogen and oxygen atoms in total. The second-order valence-corrected chi connectivity index (χ2v) is 5.89. The van der Waals surface area contributed by atoms with Crippen LogP contribution in [0.4, 0.5) is 0 Å². The van der Waals surface area contributed by atoms with Gasteiger partial charge in [0.2, 0.25) is 0 Å². The fourth-order valence-corrected chi connectivity index (χ4v) is 2.13. The monoisotopic (exact) mass is 288 g/mol. The summed E-state index contributed by atoms with van der Waals surface area (Å²) in [5.74, 6) is 0. The molecule has 0 N–H and O–H groups in total. The fourth-order valence-electron chi connectivity index (χ4n) is 2.13. The second kappa shape index (κ2) is 7.61. The highest BCUT2D eigenvalue weighted by Gasteiger charge is 1.95. The van der Waals surface area contributed by atoms with Crippen LogP contribution in [0.3, 0.4) is 0 Å². The van der Waals surface area contributed by atoms with Crippen molar-refractivity contribution in [1.82, 2.24) is 0 Å². The summed E-state index contributed by atoms with van der Waals surface area (Å²) in [5, 5.41) is 0. The molecule has 0 aliphatic rings. The molecule has 0 spiro atoms. The molecule has 0 heterocycles. The fraction of sp³-hybridized carbons (Fsp3) is 0.182. The summed E-state index contributed by atoms with van der Waals surface area (Å²) < 4.78 is 0. The summed E-state index contributed by atoms with van der Waals surface area (Å²) in [7, 11) is 0. The molecule has 0 saturated heterocycles. The molecule has 3 aromatic rings. The van der Waals surface area contributed by atoms with Crippen LogP contribution in [0.2, 0.25) is 0 Å². The first-order valence-corrected chi connectivity index (χ1v) is 7.71. The third kappa shape index (κ3) is 4.89. The van der Waals surface area contributed by atoms with Crippen molar-refractivity contribution >= 4 is 0 Å². The van der Waals surface area contributed by atoms with E-state index in [0.717, 1.165) is 0 Å². The van der Waals surface area contributed by atoms with Crippen molar-refractivity contribution in [1.29, 1.82) is 0 Å². The van der Waals surface area contributed by atoms with E-state index in [1.807, 2.05) is 0 Å². The van der Waals surface area contributed by atoms with Crippen molar-refractivity contribution in [3.63, 3.8) is 0 Å². The first-order valence-electron chi connectivity index (χ1n) is 7.71. The quantitative estimate of drug-likeness (QED) is 0.494. The van der Waals surface area contributed by atoms with Crippen molar-refractivity contribution in [3.05, 3.63) is 95.1 Å². The molecule has 112 valence electrons. The molecule has 0 atom stereocenters. The molecule has 0 fully saturated rings. The minimum absolute atomic E-state index is 1.29. The third-order valence-electron chi connectivity index (χ3n) is 3.65. The van der Waals surface area contributed by atoms with Gasteiger partial charge in [0.25, 0.3) is 0 Å². The number of aryl methyl sites for hydroxylation is 4. The molecule has 3 aromatic carbocycles. The first-order chi connectivity index (χ1) is 10.5. The van der Waals surface area contributed by atoms with Crippen LogP contribution in [0.1, 0.15) is 22.3 Å². The number of rotatable bonds is 1. The second-order valence-electron chi connectivity index (χ2n) is 5.89. The Balaban J connectivity index is 0.000000188.